The molecule has 41 valence electrons. The van der Waals surface area contributed by atoms with Crippen molar-refractivity contribution in [2.75, 3.05) is 0 Å². The van der Waals surface area contributed by atoms with Gasteiger partial charge in [0.05, 0.1) is 0 Å². The van der Waals surface area contributed by atoms with Crippen molar-refractivity contribution < 1.29 is 50.2 Å². The molecule has 0 N–H and O–H groups in total. The van der Waals surface area contributed by atoms with Crippen molar-refractivity contribution >= 4 is 0 Å². The summed E-state index contributed by atoms with van der Waals surface area (Å²) in [5.41, 5.74) is 0. The zero-order valence-electron chi connectivity index (χ0n) is 2.90. The molecule has 0 unspecified atom stereocenters. The van der Waals surface area contributed by atoms with Crippen molar-refractivity contribution in [2.24, 2.45) is 0 Å². The Balaban J connectivity index is 0. The van der Waals surface area contributed by atoms with E-state index >= 15 is 0 Å². The summed E-state index contributed by atoms with van der Waals surface area (Å²) in [6.45, 7) is 0. The van der Waals surface area contributed by atoms with Gasteiger partial charge in [-0.1, -0.05) is 0 Å². The monoisotopic (exact) mass is 229 g/mol. The molecule has 0 aliphatic carbocycles. The summed E-state index contributed by atoms with van der Waals surface area (Å²) in [6.07, 6.45) is 0. The molecule has 0 aliphatic heterocycles. The Hall–Kier alpha value is 0.273. The van der Waals surface area contributed by atoms with Crippen LogP contribution in [0.4, 0.5) is 0 Å². The first-order valence-electron chi connectivity index (χ1n) is 0.833. The van der Waals surface area contributed by atoms with E-state index in [0.29, 0.717) is 0 Å². The van der Waals surface area contributed by atoms with Gasteiger partial charge in [0, 0.05) is 18.6 Å². The van der Waals surface area contributed by atoms with Gasteiger partial charge < -0.3 is 0 Å². The summed E-state index contributed by atoms with van der Waals surface area (Å²) in [5.74, 6) is 0. The van der Waals surface area contributed by atoms with Gasteiger partial charge in [0.15, 0.2) is 0 Å². The minimum atomic E-state index is -7.87. The van der Waals surface area contributed by atoms with E-state index in [0.717, 1.165) is 0 Å². The molecule has 0 spiro atoms. The topological polar surface area (TPSA) is 85.3 Å². The Morgan fingerprint density at radius 2 is 0.714 bits per heavy atom. The Bertz CT molecular complexity index is 278. The molecule has 0 aromatic carbocycles. The van der Waals surface area contributed by atoms with Gasteiger partial charge in [0.2, 0.25) is 0 Å². The van der Waals surface area contributed by atoms with Crippen LogP contribution in [0, 0.1) is 0 Å². The minimum absolute atomic E-state index is 0. The van der Waals surface area contributed by atoms with Crippen molar-refractivity contribution in [2.45, 2.75) is 0 Å². The van der Waals surface area contributed by atoms with Crippen LogP contribution in [-0.4, -0.2) is 0 Å². The molecule has 1 radical (unpaired) electrons. The average Bonchev–Trinajstić information content (AvgIpc) is 0.650. The maximum absolute atomic E-state index is 8.65. The largest absolute Gasteiger partial charge is 0 e. The van der Waals surface area contributed by atoms with Crippen LogP contribution in [0.25, 0.3) is 0 Å². The smallest absolute Gasteiger partial charge is 0 e. The zero-order valence-corrected chi connectivity index (χ0v) is 6.30. The molecule has 5 nitrogen and oxygen atoms in total. The van der Waals surface area contributed by atoms with Gasteiger partial charge in [-0.2, -0.15) is 0 Å². The van der Waals surface area contributed by atoms with Gasteiger partial charge in [0.25, 0.3) is 0 Å². The van der Waals surface area contributed by atoms with Crippen LogP contribution in [0.3, 0.4) is 0 Å². The van der Waals surface area contributed by atoms with Crippen LogP contribution in [-0.2, 0) is 50.2 Å². The Labute approximate surface area is 50.3 Å². The molecule has 0 bridgehead atoms. The quantitative estimate of drug-likeness (QED) is 0.515. The molecule has 0 heterocycles. The van der Waals surface area contributed by atoms with Crippen molar-refractivity contribution in [3.63, 3.8) is 0 Å². The third-order valence-corrected chi connectivity index (χ3v) is 0. The van der Waals surface area contributed by atoms with Crippen LogP contribution >= 0.6 is 0 Å². The molecule has 0 aliphatic rings. The van der Waals surface area contributed by atoms with E-state index in [-0.39, 0.29) is 18.6 Å². The predicted molar refractivity (Wildman–Crippen MR) is 3.43 cm³/mol. The van der Waals surface area contributed by atoms with E-state index in [1.807, 2.05) is 0 Å². The Morgan fingerprint density at radius 3 is 0.714 bits per heavy atom. The van der Waals surface area contributed by atoms with E-state index < -0.39 is 14.6 Å². The first-order valence-corrected chi connectivity index (χ1v) is 4.93. The van der Waals surface area contributed by atoms with Gasteiger partial charge in [0.1, 0.15) is 0 Å². The van der Waals surface area contributed by atoms with E-state index in [9.17, 15) is 0 Å². The molecular weight excluding hydrogens is 227 g/mol. The predicted octanol–water partition coefficient (Wildman–Crippen LogP) is -0.599. The summed E-state index contributed by atoms with van der Waals surface area (Å²) in [7, 11) is 0. The fourth-order valence-corrected chi connectivity index (χ4v) is 0. The molecule has 7 heavy (non-hydrogen) atoms. The second kappa shape index (κ2) is 1.65. The Kier molecular flexibility index (Phi) is 2.43. The molecule has 0 aromatic rings. The summed E-state index contributed by atoms with van der Waals surface area (Å²) in [6, 6.07) is 0. The number of hydrogen-bond acceptors (Lipinski definition) is 5. The SMILES string of the molecule is [O]=[Mo](=[O])(=[O])(=[O])=[O].[V]. The molecule has 0 amide bonds. The summed E-state index contributed by atoms with van der Waals surface area (Å²) >= 11 is -7.87. The summed E-state index contributed by atoms with van der Waals surface area (Å²) in [4.78, 5) is 0. The maximum Gasteiger partial charge on any atom is 0 e. The van der Waals surface area contributed by atoms with Crippen LogP contribution in [0.1, 0.15) is 0 Å². The van der Waals surface area contributed by atoms with Crippen molar-refractivity contribution in [1.82, 2.24) is 0 Å². The van der Waals surface area contributed by atoms with Gasteiger partial charge in [-0.05, 0) is 0 Å². The second-order valence-electron chi connectivity index (χ2n) is 0.680. The fraction of sp³-hybridized carbons (Fsp3) is 0. The van der Waals surface area contributed by atoms with Crippen LogP contribution in [0.2, 0.25) is 0 Å². The van der Waals surface area contributed by atoms with Crippen molar-refractivity contribution in [3.05, 3.63) is 0 Å². The first kappa shape index (κ1) is 10.3. The molecular formula is MoO5V. The van der Waals surface area contributed by atoms with E-state index in [4.69, 9.17) is 17.0 Å². The first-order chi connectivity index (χ1) is 2.24. The van der Waals surface area contributed by atoms with Crippen LogP contribution in [0.5, 0.6) is 0 Å². The second-order valence-corrected chi connectivity index (χ2v) is 4.03. The van der Waals surface area contributed by atoms with Gasteiger partial charge in [-0.15, -0.1) is 0 Å². The minimum Gasteiger partial charge on any atom is 0 e. The molecule has 0 atom stereocenters. The normalized spacial score (nSPS) is 8.57. The maximum atomic E-state index is 8.65. The summed E-state index contributed by atoms with van der Waals surface area (Å²) in [5, 5.41) is 0. The average molecular weight is 227 g/mol. The Morgan fingerprint density at radius 1 is 0.714 bits per heavy atom. The van der Waals surface area contributed by atoms with Gasteiger partial charge in [-0.25, -0.2) is 0 Å². The van der Waals surface area contributed by atoms with Gasteiger partial charge in [-0.3, -0.25) is 0 Å². The molecule has 0 saturated heterocycles. The van der Waals surface area contributed by atoms with Gasteiger partial charge >= 0.3 is 31.6 Å². The molecule has 7 heteroatoms. The molecule has 0 saturated carbocycles. The third-order valence-electron chi connectivity index (χ3n) is 0. The summed E-state index contributed by atoms with van der Waals surface area (Å²) < 4.78 is 43.3. The molecule has 0 fully saturated rings. The number of hydrogen-bond donors (Lipinski definition) is 0. The zero-order chi connectivity index (χ0) is 5.45. The standard InChI is InChI=1S/Mo.5O.V. The van der Waals surface area contributed by atoms with E-state index in [2.05, 4.69) is 0 Å². The molecule has 0 aromatic heterocycles. The van der Waals surface area contributed by atoms with Crippen LogP contribution < -0.4 is 0 Å². The van der Waals surface area contributed by atoms with Crippen molar-refractivity contribution in [1.29, 1.82) is 0 Å². The van der Waals surface area contributed by atoms with E-state index in [1.165, 1.54) is 0 Å². The van der Waals surface area contributed by atoms with Crippen LogP contribution in [0.15, 0.2) is 0 Å². The third kappa shape index (κ3) is 1540. The number of rotatable bonds is 0. The van der Waals surface area contributed by atoms with E-state index in [1.54, 1.807) is 0 Å². The fourth-order valence-electron chi connectivity index (χ4n) is 0. The molecule has 0 rings (SSSR count). The van der Waals surface area contributed by atoms with Crippen molar-refractivity contribution in [3.8, 4) is 0 Å².